The van der Waals surface area contributed by atoms with E-state index >= 15 is 0 Å². The number of rotatable bonds is 3. The molecular weight excluding hydrogens is 205 g/mol. The predicted molar refractivity (Wildman–Crippen MR) is 60.7 cm³/mol. The van der Waals surface area contributed by atoms with Crippen LogP contribution in [0.4, 0.5) is 4.39 Å². The number of hydrogen-bond donors (Lipinski definition) is 0. The summed E-state index contributed by atoms with van der Waals surface area (Å²) in [5.41, 5.74) is 0.244. The van der Waals surface area contributed by atoms with Gasteiger partial charge in [0.05, 0.1) is 12.2 Å². The first-order valence-electron chi connectivity index (χ1n) is 5.25. The monoisotopic (exact) mass is 221 g/mol. The standard InChI is InChI=1S/C13H16FNO/c1-13(2,3)6-7-16-11-5-4-10(9-15)12(14)8-11/h4-5,8H,6-7H2,1-3H3. The highest BCUT2D eigenvalue weighted by atomic mass is 19.1. The lowest BCUT2D eigenvalue weighted by atomic mass is 9.93. The number of hydrogen-bond acceptors (Lipinski definition) is 2. The second-order valence-corrected chi connectivity index (χ2v) is 4.91. The van der Waals surface area contributed by atoms with Crippen LogP contribution < -0.4 is 4.74 Å². The molecule has 0 aliphatic carbocycles. The molecule has 1 rings (SSSR count). The maximum Gasteiger partial charge on any atom is 0.144 e. The Hall–Kier alpha value is -1.56. The molecule has 0 N–H and O–H groups in total. The Labute approximate surface area is 95.7 Å². The highest BCUT2D eigenvalue weighted by Crippen LogP contribution is 2.20. The molecule has 1 aromatic rings. The summed E-state index contributed by atoms with van der Waals surface area (Å²) >= 11 is 0. The summed E-state index contributed by atoms with van der Waals surface area (Å²) in [7, 11) is 0. The largest absolute Gasteiger partial charge is 0.493 e. The van der Waals surface area contributed by atoms with Gasteiger partial charge in [0.25, 0.3) is 0 Å². The fourth-order valence-corrected chi connectivity index (χ4v) is 1.15. The predicted octanol–water partition coefficient (Wildman–Crippen LogP) is 3.51. The second-order valence-electron chi connectivity index (χ2n) is 4.91. The van der Waals surface area contributed by atoms with Crippen LogP contribution in [0.3, 0.4) is 0 Å². The molecular formula is C13H16FNO. The lowest BCUT2D eigenvalue weighted by molar-refractivity contribution is 0.242. The van der Waals surface area contributed by atoms with E-state index in [4.69, 9.17) is 10.00 Å². The van der Waals surface area contributed by atoms with E-state index in [1.54, 1.807) is 12.1 Å². The molecule has 0 heterocycles. The van der Waals surface area contributed by atoms with Crippen molar-refractivity contribution in [3.8, 4) is 11.8 Å². The molecule has 0 amide bonds. The number of nitriles is 1. The zero-order chi connectivity index (χ0) is 12.2. The van der Waals surface area contributed by atoms with Crippen LogP contribution in [0, 0.1) is 22.6 Å². The van der Waals surface area contributed by atoms with E-state index in [1.165, 1.54) is 12.1 Å². The molecule has 0 spiro atoms. The number of ether oxygens (including phenoxy) is 1. The topological polar surface area (TPSA) is 33.0 Å². The van der Waals surface area contributed by atoms with Crippen molar-refractivity contribution in [1.82, 2.24) is 0 Å². The quantitative estimate of drug-likeness (QED) is 0.782. The van der Waals surface area contributed by atoms with Gasteiger partial charge in [-0.3, -0.25) is 0 Å². The molecule has 16 heavy (non-hydrogen) atoms. The van der Waals surface area contributed by atoms with Gasteiger partial charge < -0.3 is 4.74 Å². The molecule has 0 atom stereocenters. The second kappa shape index (κ2) is 4.98. The molecule has 0 radical (unpaired) electrons. The van der Waals surface area contributed by atoms with Crippen LogP contribution in [0.5, 0.6) is 5.75 Å². The number of benzene rings is 1. The van der Waals surface area contributed by atoms with E-state index in [0.717, 1.165) is 6.42 Å². The van der Waals surface area contributed by atoms with E-state index in [0.29, 0.717) is 12.4 Å². The van der Waals surface area contributed by atoms with Crippen LogP contribution in [0.1, 0.15) is 32.8 Å². The van der Waals surface area contributed by atoms with E-state index in [1.807, 2.05) is 0 Å². The van der Waals surface area contributed by atoms with E-state index in [2.05, 4.69) is 20.8 Å². The van der Waals surface area contributed by atoms with Crippen LogP contribution in [0.15, 0.2) is 18.2 Å². The minimum Gasteiger partial charge on any atom is -0.493 e. The summed E-state index contributed by atoms with van der Waals surface area (Å²) < 4.78 is 18.6. The molecule has 2 nitrogen and oxygen atoms in total. The highest BCUT2D eigenvalue weighted by Gasteiger charge is 2.10. The fraction of sp³-hybridized carbons (Fsp3) is 0.462. The van der Waals surface area contributed by atoms with Crippen molar-refractivity contribution < 1.29 is 9.13 Å². The lowest BCUT2D eigenvalue weighted by Crippen LogP contribution is -2.11. The molecule has 0 aliphatic rings. The summed E-state index contributed by atoms with van der Waals surface area (Å²) in [6, 6.07) is 6.07. The van der Waals surface area contributed by atoms with Gasteiger partial charge in [0.1, 0.15) is 17.6 Å². The van der Waals surface area contributed by atoms with Crippen molar-refractivity contribution in [2.45, 2.75) is 27.2 Å². The van der Waals surface area contributed by atoms with Gasteiger partial charge in [0, 0.05) is 6.07 Å². The minimum atomic E-state index is -0.532. The lowest BCUT2D eigenvalue weighted by Gasteiger charge is -2.18. The summed E-state index contributed by atoms with van der Waals surface area (Å²) in [6.07, 6.45) is 0.897. The van der Waals surface area contributed by atoms with Crippen molar-refractivity contribution in [2.75, 3.05) is 6.61 Å². The normalized spacial score (nSPS) is 10.9. The number of nitrogens with zero attached hydrogens (tertiary/aromatic N) is 1. The Kier molecular flexibility index (Phi) is 3.89. The van der Waals surface area contributed by atoms with Crippen molar-refractivity contribution in [3.63, 3.8) is 0 Å². The Morgan fingerprint density at radius 1 is 1.38 bits per heavy atom. The summed E-state index contributed by atoms with van der Waals surface area (Å²) in [5.74, 6) is -0.0588. The average Bonchev–Trinajstić information content (AvgIpc) is 2.16. The van der Waals surface area contributed by atoms with Gasteiger partial charge in [-0.25, -0.2) is 4.39 Å². The maximum absolute atomic E-state index is 13.2. The smallest absolute Gasteiger partial charge is 0.144 e. The van der Waals surface area contributed by atoms with Crippen molar-refractivity contribution in [3.05, 3.63) is 29.6 Å². The summed E-state index contributed by atoms with van der Waals surface area (Å²) in [5, 5.41) is 8.56. The van der Waals surface area contributed by atoms with Crippen molar-refractivity contribution >= 4 is 0 Å². The average molecular weight is 221 g/mol. The Morgan fingerprint density at radius 3 is 2.56 bits per heavy atom. The van der Waals surface area contributed by atoms with Crippen molar-refractivity contribution in [2.24, 2.45) is 5.41 Å². The molecule has 0 aliphatic heterocycles. The van der Waals surface area contributed by atoms with E-state index in [9.17, 15) is 4.39 Å². The SMILES string of the molecule is CC(C)(C)CCOc1ccc(C#N)c(F)c1. The molecule has 86 valence electrons. The Morgan fingerprint density at radius 2 is 2.06 bits per heavy atom. The van der Waals surface area contributed by atoms with Crippen LogP contribution in [-0.4, -0.2) is 6.61 Å². The van der Waals surface area contributed by atoms with Gasteiger partial charge in [-0.1, -0.05) is 20.8 Å². The fourth-order valence-electron chi connectivity index (χ4n) is 1.15. The molecule has 3 heteroatoms. The highest BCUT2D eigenvalue weighted by molar-refractivity contribution is 5.36. The first-order valence-corrected chi connectivity index (χ1v) is 5.25. The third-order valence-corrected chi connectivity index (χ3v) is 2.18. The Balaban J connectivity index is 2.57. The molecule has 1 aromatic carbocycles. The van der Waals surface area contributed by atoms with Gasteiger partial charge in [-0.15, -0.1) is 0 Å². The summed E-state index contributed by atoms with van der Waals surface area (Å²) in [4.78, 5) is 0. The molecule has 0 saturated heterocycles. The van der Waals surface area contributed by atoms with Crippen LogP contribution in [-0.2, 0) is 0 Å². The molecule has 0 fully saturated rings. The molecule has 0 unspecified atom stereocenters. The first kappa shape index (κ1) is 12.5. The number of halogens is 1. The van der Waals surface area contributed by atoms with Gasteiger partial charge in [-0.2, -0.15) is 5.26 Å². The molecule has 0 saturated carbocycles. The zero-order valence-corrected chi connectivity index (χ0v) is 9.88. The maximum atomic E-state index is 13.2. The van der Waals surface area contributed by atoms with Crippen molar-refractivity contribution in [1.29, 1.82) is 5.26 Å². The Bertz CT molecular complexity index is 401. The molecule has 0 aromatic heterocycles. The third-order valence-electron chi connectivity index (χ3n) is 2.18. The molecule has 0 bridgehead atoms. The van der Waals surface area contributed by atoms with E-state index < -0.39 is 5.82 Å². The van der Waals surface area contributed by atoms with Gasteiger partial charge in [-0.05, 0) is 24.0 Å². The zero-order valence-electron chi connectivity index (χ0n) is 9.88. The third kappa shape index (κ3) is 3.90. The minimum absolute atomic E-state index is 0.0446. The van der Waals surface area contributed by atoms with Gasteiger partial charge >= 0.3 is 0 Å². The van der Waals surface area contributed by atoms with Crippen LogP contribution >= 0.6 is 0 Å². The van der Waals surface area contributed by atoms with Gasteiger partial charge in [0.2, 0.25) is 0 Å². The van der Waals surface area contributed by atoms with Crippen LogP contribution in [0.25, 0.3) is 0 Å². The first-order chi connectivity index (χ1) is 7.42. The van der Waals surface area contributed by atoms with Gasteiger partial charge in [0.15, 0.2) is 0 Å². The van der Waals surface area contributed by atoms with Crippen LogP contribution in [0.2, 0.25) is 0 Å². The summed E-state index contributed by atoms with van der Waals surface area (Å²) in [6.45, 7) is 6.91. The van der Waals surface area contributed by atoms with E-state index in [-0.39, 0.29) is 11.0 Å².